The standard InChI is InChI=1S/C23H23NO2.C2H6/c1-6-9-19-16(7-2)15(5)22(24-19)21-17-12-10-14(4)11-13-18(17)23(25)26-20(21)8-3;1-2/h6-14,24H,1,3H2,2,4-5H3;1-2H3/b16-7-,19-9+;. The summed E-state index contributed by atoms with van der Waals surface area (Å²) in [5.74, 6) is 0.717. The van der Waals surface area contributed by atoms with Crippen LogP contribution in [0.2, 0.25) is 0 Å². The van der Waals surface area contributed by atoms with Crippen LogP contribution in [0.4, 0.5) is 0 Å². The first-order valence-electron chi connectivity index (χ1n) is 9.69. The van der Waals surface area contributed by atoms with Crippen molar-refractivity contribution in [3.63, 3.8) is 0 Å². The number of aromatic amines is 1. The zero-order valence-corrected chi connectivity index (χ0v) is 17.4. The van der Waals surface area contributed by atoms with Gasteiger partial charge in [-0.1, -0.05) is 70.4 Å². The first-order valence-corrected chi connectivity index (χ1v) is 9.69. The molecule has 3 nitrogen and oxygen atoms in total. The fourth-order valence-electron chi connectivity index (χ4n) is 3.38. The molecule has 2 aromatic rings. The van der Waals surface area contributed by atoms with Gasteiger partial charge >= 0.3 is 5.63 Å². The molecule has 0 spiro atoms. The van der Waals surface area contributed by atoms with Crippen molar-refractivity contribution >= 4 is 30.4 Å². The summed E-state index contributed by atoms with van der Waals surface area (Å²) in [7, 11) is 0. The second-order valence-corrected chi connectivity index (χ2v) is 6.38. The van der Waals surface area contributed by atoms with Gasteiger partial charge in [-0.3, -0.25) is 0 Å². The van der Waals surface area contributed by atoms with E-state index in [0.29, 0.717) is 11.3 Å². The van der Waals surface area contributed by atoms with Crippen molar-refractivity contribution in [3.05, 3.63) is 74.8 Å². The van der Waals surface area contributed by atoms with Crippen molar-refractivity contribution in [2.45, 2.75) is 34.6 Å². The smallest absolute Gasteiger partial charge is 0.344 e. The predicted octanol–water partition coefficient (Wildman–Crippen LogP) is 5.06. The minimum atomic E-state index is -0.349. The molecule has 2 heterocycles. The normalized spacial score (nSPS) is 16.2. The molecule has 0 aliphatic heterocycles. The van der Waals surface area contributed by atoms with E-state index in [1.807, 2.05) is 45.1 Å². The van der Waals surface area contributed by atoms with Crippen molar-refractivity contribution < 1.29 is 4.42 Å². The van der Waals surface area contributed by atoms with E-state index in [9.17, 15) is 4.79 Å². The average molecular weight is 376 g/mol. The van der Waals surface area contributed by atoms with Gasteiger partial charge in [0.2, 0.25) is 0 Å². The Labute approximate surface area is 166 Å². The molecular formula is C25H29NO2. The average Bonchev–Trinajstić information content (AvgIpc) is 2.87. The summed E-state index contributed by atoms with van der Waals surface area (Å²) >= 11 is 0. The molecule has 146 valence electrons. The zero-order valence-electron chi connectivity index (χ0n) is 17.4. The summed E-state index contributed by atoms with van der Waals surface area (Å²) in [6, 6.07) is 0. The fourth-order valence-corrected chi connectivity index (χ4v) is 3.38. The highest BCUT2D eigenvalue weighted by atomic mass is 16.4. The van der Waals surface area contributed by atoms with Crippen LogP contribution in [0.15, 0.2) is 40.6 Å². The number of rotatable bonds is 3. The zero-order chi connectivity index (χ0) is 20.8. The molecule has 0 saturated heterocycles. The first-order chi connectivity index (χ1) is 13.5. The Morgan fingerprint density at radius 1 is 1.14 bits per heavy atom. The van der Waals surface area contributed by atoms with Gasteiger partial charge < -0.3 is 9.40 Å². The third-order valence-electron chi connectivity index (χ3n) is 4.70. The van der Waals surface area contributed by atoms with E-state index < -0.39 is 0 Å². The van der Waals surface area contributed by atoms with Gasteiger partial charge in [0.25, 0.3) is 0 Å². The molecule has 0 amide bonds. The molecule has 2 aromatic heterocycles. The Morgan fingerprint density at radius 2 is 1.79 bits per heavy atom. The first kappa shape index (κ1) is 21.2. The van der Waals surface area contributed by atoms with Crippen molar-refractivity contribution in [2.24, 2.45) is 5.92 Å². The lowest BCUT2D eigenvalue weighted by Gasteiger charge is -2.11. The molecule has 0 fully saturated rings. The Balaban J connectivity index is 0.00000136. The molecule has 3 rings (SSSR count). The van der Waals surface area contributed by atoms with Crippen molar-refractivity contribution in [3.8, 4) is 11.3 Å². The van der Waals surface area contributed by atoms with Crippen LogP contribution in [-0.2, 0) is 0 Å². The van der Waals surface area contributed by atoms with Crippen LogP contribution < -0.4 is 16.2 Å². The molecule has 0 radical (unpaired) electrons. The van der Waals surface area contributed by atoms with E-state index in [2.05, 4.69) is 44.1 Å². The fraction of sp³-hybridized carbons (Fsp3) is 0.240. The largest absolute Gasteiger partial charge is 0.422 e. The van der Waals surface area contributed by atoms with Gasteiger partial charge in [-0.2, -0.15) is 0 Å². The van der Waals surface area contributed by atoms with Crippen LogP contribution >= 0.6 is 0 Å². The molecular weight excluding hydrogens is 346 g/mol. The predicted molar refractivity (Wildman–Crippen MR) is 122 cm³/mol. The Hall–Kier alpha value is -3.07. The SMILES string of the molecule is C=C/C=c1/[nH]c(-c2c(C=C)oc(=O)c3c2C=CC(C)C=C3)c(C)/c1=C/C.CC. The number of allylic oxidation sites excluding steroid dienone is 3. The summed E-state index contributed by atoms with van der Waals surface area (Å²) in [5, 5.41) is 2.09. The molecule has 3 heteroatoms. The second kappa shape index (κ2) is 9.23. The Kier molecular flexibility index (Phi) is 7.00. The van der Waals surface area contributed by atoms with Crippen LogP contribution in [0.3, 0.4) is 0 Å². The molecule has 0 saturated carbocycles. The van der Waals surface area contributed by atoms with E-state index in [1.54, 1.807) is 12.2 Å². The minimum Gasteiger partial charge on any atom is -0.422 e. The van der Waals surface area contributed by atoms with Gasteiger partial charge in [0.05, 0.1) is 11.3 Å². The lowest BCUT2D eigenvalue weighted by atomic mass is 9.97. The lowest BCUT2D eigenvalue weighted by molar-refractivity contribution is 0.501. The van der Waals surface area contributed by atoms with Gasteiger partial charge in [-0.25, -0.2) is 4.79 Å². The van der Waals surface area contributed by atoms with Gasteiger partial charge in [-0.05, 0) is 42.7 Å². The number of nitrogens with one attached hydrogen (secondary N) is 1. The maximum Gasteiger partial charge on any atom is 0.344 e. The molecule has 1 aliphatic carbocycles. The highest BCUT2D eigenvalue weighted by Crippen LogP contribution is 2.32. The summed E-state index contributed by atoms with van der Waals surface area (Å²) in [4.78, 5) is 15.9. The van der Waals surface area contributed by atoms with E-state index in [0.717, 1.165) is 33.0 Å². The highest BCUT2D eigenvalue weighted by molar-refractivity contribution is 5.85. The van der Waals surface area contributed by atoms with Crippen LogP contribution in [0.5, 0.6) is 0 Å². The highest BCUT2D eigenvalue weighted by Gasteiger charge is 2.21. The Morgan fingerprint density at radius 3 is 2.36 bits per heavy atom. The number of hydrogen-bond acceptors (Lipinski definition) is 2. The van der Waals surface area contributed by atoms with E-state index >= 15 is 0 Å². The lowest BCUT2D eigenvalue weighted by Crippen LogP contribution is -2.23. The molecule has 0 bridgehead atoms. The summed E-state index contributed by atoms with van der Waals surface area (Å²) in [5.41, 5.74) is 3.94. The quantitative estimate of drug-likeness (QED) is 0.815. The third-order valence-corrected chi connectivity index (χ3v) is 4.70. The molecule has 28 heavy (non-hydrogen) atoms. The van der Waals surface area contributed by atoms with E-state index in [1.165, 1.54) is 0 Å². The van der Waals surface area contributed by atoms with Gasteiger partial charge in [-0.15, -0.1) is 0 Å². The molecule has 1 aliphatic rings. The maximum atomic E-state index is 12.5. The summed E-state index contributed by atoms with van der Waals surface area (Å²) in [6.07, 6.45) is 15.3. The topological polar surface area (TPSA) is 46.0 Å². The molecule has 1 unspecified atom stereocenters. The number of fused-ring (bicyclic) bond motifs is 1. The number of hydrogen-bond donors (Lipinski definition) is 1. The van der Waals surface area contributed by atoms with E-state index in [4.69, 9.17) is 4.42 Å². The number of aromatic nitrogens is 1. The summed E-state index contributed by atoms with van der Waals surface area (Å²) < 4.78 is 5.58. The second-order valence-electron chi connectivity index (χ2n) is 6.38. The van der Waals surface area contributed by atoms with Gasteiger partial charge in [0.15, 0.2) is 0 Å². The van der Waals surface area contributed by atoms with Crippen molar-refractivity contribution in [1.82, 2.24) is 4.98 Å². The minimum absolute atomic E-state index is 0.246. The monoisotopic (exact) mass is 375 g/mol. The number of H-pyrrole nitrogens is 1. The molecule has 1 N–H and O–H groups in total. The third kappa shape index (κ3) is 3.79. The van der Waals surface area contributed by atoms with Crippen molar-refractivity contribution in [1.29, 1.82) is 0 Å². The van der Waals surface area contributed by atoms with Crippen LogP contribution in [-0.4, -0.2) is 4.98 Å². The molecule has 1 atom stereocenters. The van der Waals surface area contributed by atoms with Crippen molar-refractivity contribution in [2.75, 3.05) is 0 Å². The van der Waals surface area contributed by atoms with Crippen LogP contribution in [0.1, 0.15) is 50.1 Å². The summed E-state index contributed by atoms with van der Waals surface area (Å²) in [6.45, 7) is 17.8. The maximum absolute atomic E-state index is 12.5. The van der Waals surface area contributed by atoms with Gasteiger partial charge in [0.1, 0.15) is 5.76 Å². The van der Waals surface area contributed by atoms with Gasteiger partial charge in [0, 0.05) is 16.5 Å². The van der Waals surface area contributed by atoms with Crippen LogP contribution in [0.25, 0.3) is 41.6 Å². The molecule has 0 aromatic carbocycles. The van der Waals surface area contributed by atoms with E-state index in [-0.39, 0.29) is 11.5 Å². The van der Waals surface area contributed by atoms with Crippen LogP contribution in [0, 0.1) is 12.8 Å². The Bertz CT molecular complexity index is 1120.